The number of rotatable bonds is 12. The zero-order valence-corrected chi connectivity index (χ0v) is 25.4. The van der Waals surface area contributed by atoms with E-state index in [9.17, 15) is 9.90 Å². The minimum Gasteiger partial charge on any atom is -0.465 e. The van der Waals surface area contributed by atoms with Crippen molar-refractivity contribution in [1.82, 2.24) is 19.5 Å². The van der Waals surface area contributed by atoms with E-state index < -0.39 is 22.2 Å². The maximum absolute atomic E-state index is 11.8. The molecule has 4 heterocycles. The molecule has 2 aliphatic heterocycles. The Morgan fingerprint density at radius 1 is 1.03 bits per heavy atom. The zero-order chi connectivity index (χ0) is 26.8. The summed E-state index contributed by atoms with van der Waals surface area (Å²) in [6, 6.07) is 6.45. The third-order valence-electron chi connectivity index (χ3n) is 7.54. The predicted octanol–water partition coefficient (Wildman–Crippen LogP) is 5.55. The first kappa shape index (κ1) is 28.1. The van der Waals surface area contributed by atoms with Gasteiger partial charge in [0, 0.05) is 65.2 Å². The van der Waals surface area contributed by atoms with Gasteiger partial charge in [-0.3, -0.25) is 0 Å². The zero-order valence-electron chi connectivity index (χ0n) is 23.4. The van der Waals surface area contributed by atoms with E-state index in [1.165, 1.54) is 0 Å². The van der Waals surface area contributed by atoms with Crippen LogP contribution in [0.25, 0.3) is 5.65 Å². The van der Waals surface area contributed by atoms with Crippen molar-refractivity contribution in [1.29, 1.82) is 0 Å². The van der Waals surface area contributed by atoms with Crippen molar-refractivity contribution in [2.24, 2.45) is 0 Å². The Hall–Kier alpha value is -1.96. The van der Waals surface area contributed by atoms with Crippen molar-refractivity contribution in [3.8, 4) is 0 Å². The molecule has 206 valence electrons. The molecule has 2 bridgehead atoms. The highest BCUT2D eigenvalue weighted by molar-refractivity contribution is 6.76. The molecular weight excluding hydrogens is 502 g/mol. The maximum atomic E-state index is 11.8. The van der Waals surface area contributed by atoms with E-state index in [1.807, 2.05) is 10.6 Å². The second kappa shape index (κ2) is 11.4. The normalized spacial score (nSPS) is 22.1. The van der Waals surface area contributed by atoms with E-state index in [0.29, 0.717) is 13.5 Å². The third kappa shape index (κ3) is 7.33. The summed E-state index contributed by atoms with van der Waals surface area (Å²) in [5.74, 6) is 1.15. The van der Waals surface area contributed by atoms with Gasteiger partial charge in [0.1, 0.15) is 19.3 Å². The fourth-order valence-electron chi connectivity index (χ4n) is 5.36. The lowest BCUT2D eigenvalue weighted by atomic mass is 9.88. The number of nitrogens with zero attached hydrogens (tertiary/aromatic N) is 5. The van der Waals surface area contributed by atoms with Gasteiger partial charge in [-0.15, -0.1) is 0 Å². The van der Waals surface area contributed by atoms with Gasteiger partial charge in [0.2, 0.25) is 0 Å². The highest BCUT2D eigenvalue weighted by atomic mass is 28.3. The summed E-state index contributed by atoms with van der Waals surface area (Å²) in [5, 5.41) is 14.2. The number of carboxylic acid groups (broad SMARTS) is 1. The van der Waals surface area contributed by atoms with E-state index in [2.05, 4.69) is 55.3 Å². The molecule has 4 rings (SSSR count). The maximum Gasteiger partial charge on any atom is 0.407 e. The first-order valence-corrected chi connectivity index (χ1v) is 21.1. The number of fused-ring (bicyclic) bond motifs is 3. The molecule has 9 nitrogen and oxygen atoms in total. The lowest BCUT2D eigenvalue weighted by Crippen LogP contribution is -2.45. The van der Waals surface area contributed by atoms with Crippen LogP contribution in [0.1, 0.15) is 37.3 Å². The van der Waals surface area contributed by atoms with E-state index in [1.54, 1.807) is 11.1 Å². The summed E-state index contributed by atoms with van der Waals surface area (Å²) in [6.45, 7) is 16.5. The topological polar surface area (TPSA) is 92.4 Å². The summed E-state index contributed by atoms with van der Waals surface area (Å²) < 4.78 is 14.2. The second-order valence-corrected chi connectivity index (χ2v) is 24.4. The Morgan fingerprint density at radius 3 is 2.11 bits per heavy atom. The van der Waals surface area contributed by atoms with E-state index in [4.69, 9.17) is 14.5 Å². The van der Waals surface area contributed by atoms with Gasteiger partial charge in [-0.05, 0) is 37.8 Å². The molecule has 37 heavy (non-hydrogen) atoms. The molecule has 0 aliphatic carbocycles. The Balaban J connectivity index is 1.55. The van der Waals surface area contributed by atoms with Crippen LogP contribution in [0.15, 0.2) is 18.3 Å². The molecule has 2 aliphatic rings. The number of ether oxygens (including phenoxy) is 2. The molecule has 1 amide bonds. The van der Waals surface area contributed by atoms with Gasteiger partial charge in [-0.2, -0.15) is 9.61 Å². The van der Waals surface area contributed by atoms with Crippen molar-refractivity contribution >= 4 is 33.7 Å². The first-order chi connectivity index (χ1) is 17.4. The quantitative estimate of drug-likeness (QED) is 0.212. The summed E-state index contributed by atoms with van der Waals surface area (Å²) in [4.78, 5) is 20.6. The Morgan fingerprint density at radius 2 is 1.59 bits per heavy atom. The number of hydrogen-bond donors (Lipinski definition) is 1. The monoisotopic (exact) mass is 547 g/mol. The molecule has 11 heteroatoms. The average Bonchev–Trinajstić information content (AvgIpc) is 3.38. The molecule has 0 spiro atoms. The first-order valence-electron chi connectivity index (χ1n) is 13.7. The van der Waals surface area contributed by atoms with E-state index in [0.717, 1.165) is 68.1 Å². The minimum absolute atomic E-state index is 0.0820. The summed E-state index contributed by atoms with van der Waals surface area (Å²) in [5.41, 5.74) is 1.81. The third-order valence-corrected chi connectivity index (χ3v) is 11.0. The summed E-state index contributed by atoms with van der Waals surface area (Å²) in [6.07, 6.45) is 4.51. The standard InChI is InChI=1S/C26H45N5O4Si2/c1-36(2,3)13-11-34-18-29(19-35-12-14-37(4,5)6)25-17-23(28-24-9-10-27-31(24)25)20-15-21-7-8-22(16-20)30(21)26(32)33/h9-10,17,20-22H,7-8,11-16,18-19H2,1-6H3,(H,32,33)/t20-,21-,22+. The smallest absolute Gasteiger partial charge is 0.407 e. The largest absolute Gasteiger partial charge is 0.465 e. The number of piperidine rings is 1. The van der Waals surface area contributed by atoms with Crippen LogP contribution in [0, 0.1) is 0 Å². The molecule has 0 aromatic carbocycles. The molecule has 0 saturated carbocycles. The van der Waals surface area contributed by atoms with Gasteiger partial charge in [-0.1, -0.05) is 39.3 Å². The number of aromatic nitrogens is 3. The van der Waals surface area contributed by atoms with Gasteiger partial charge < -0.3 is 24.4 Å². The molecule has 2 saturated heterocycles. The van der Waals surface area contributed by atoms with E-state index >= 15 is 0 Å². The van der Waals surface area contributed by atoms with E-state index in [-0.39, 0.29) is 18.0 Å². The van der Waals surface area contributed by atoms with Crippen LogP contribution in [-0.4, -0.2) is 85.6 Å². The van der Waals surface area contributed by atoms with Gasteiger partial charge in [0.25, 0.3) is 0 Å². The summed E-state index contributed by atoms with van der Waals surface area (Å²) in [7, 11) is -2.38. The van der Waals surface area contributed by atoms with Crippen LogP contribution in [-0.2, 0) is 9.47 Å². The number of carbonyl (C=O) groups is 1. The number of anilines is 1. The second-order valence-electron chi connectivity index (χ2n) is 13.1. The molecule has 2 aromatic heterocycles. The molecule has 0 radical (unpaired) electrons. The van der Waals surface area contributed by atoms with Gasteiger partial charge >= 0.3 is 6.09 Å². The van der Waals surface area contributed by atoms with Gasteiger partial charge in [0.05, 0.1) is 6.20 Å². The van der Waals surface area contributed by atoms with Crippen molar-refractivity contribution in [3.05, 3.63) is 24.0 Å². The molecule has 2 fully saturated rings. The van der Waals surface area contributed by atoms with Crippen molar-refractivity contribution in [3.63, 3.8) is 0 Å². The lowest BCUT2D eigenvalue weighted by molar-refractivity contribution is 0.0934. The van der Waals surface area contributed by atoms with Crippen LogP contribution < -0.4 is 4.90 Å². The highest BCUT2D eigenvalue weighted by Gasteiger charge is 2.44. The van der Waals surface area contributed by atoms with Crippen LogP contribution in [0.4, 0.5) is 10.6 Å². The van der Waals surface area contributed by atoms with Crippen LogP contribution >= 0.6 is 0 Å². The highest BCUT2D eigenvalue weighted by Crippen LogP contribution is 2.43. The molecule has 1 N–H and O–H groups in total. The average molecular weight is 548 g/mol. The van der Waals surface area contributed by atoms with Gasteiger partial charge in [0.15, 0.2) is 5.65 Å². The Kier molecular flexibility index (Phi) is 8.66. The lowest BCUT2D eigenvalue weighted by Gasteiger charge is -2.37. The van der Waals surface area contributed by atoms with Crippen molar-refractivity contribution in [2.75, 3.05) is 31.6 Å². The van der Waals surface area contributed by atoms with Crippen LogP contribution in [0.5, 0.6) is 0 Å². The van der Waals surface area contributed by atoms with Crippen LogP contribution in [0.2, 0.25) is 51.4 Å². The Bertz CT molecular complexity index is 1030. The molecule has 3 atom stereocenters. The number of hydrogen-bond acceptors (Lipinski definition) is 6. The minimum atomic E-state index is -1.19. The van der Waals surface area contributed by atoms with Crippen molar-refractivity contribution < 1.29 is 19.4 Å². The van der Waals surface area contributed by atoms with Crippen molar-refractivity contribution in [2.45, 2.75) is 95.1 Å². The summed E-state index contributed by atoms with van der Waals surface area (Å²) >= 11 is 0. The molecule has 2 aromatic rings. The predicted molar refractivity (Wildman–Crippen MR) is 152 cm³/mol. The molecular formula is C26H45N5O4Si2. The number of amides is 1. The van der Waals surface area contributed by atoms with Gasteiger partial charge in [-0.25, -0.2) is 9.78 Å². The SMILES string of the molecule is C[Si](C)(C)CCOCN(COCC[Si](C)(C)C)c1cc([C@@H]2C[C@H]3CC[C@@H](C2)N3C(=O)O)nc2ccnn12. The van der Waals surface area contributed by atoms with Crippen LogP contribution in [0.3, 0.4) is 0 Å². The molecule has 0 unspecified atom stereocenters. The Labute approximate surface area is 223 Å². The fourth-order valence-corrected chi connectivity index (χ4v) is 6.87. The fraction of sp³-hybridized carbons (Fsp3) is 0.731.